The van der Waals surface area contributed by atoms with Gasteiger partial charge in [0.25, 0.3) is 0 Å². The van der Waals surface area contributed by atoms with Gasteiger partial charge in [0.15, 0.2) is 11.6 Å². The van der Waals surface area contributed by atoms with Gasteiger partial charge in [-0.3, -0.25) is 9.69 Å². The van der Waals surface area contributed by atoms with Crippen LogP contribution in [-0.2, 0) is 4.79 Å². The molecule has 1 aliphatic heterocycles. The lowest BCUT2D eigenvalue weighted by atomic mass is 10.4. The van der Waals surface area contributed by atoms with Gasteiger partial charge in [-0.25, -0.2) is 9.37 Å². The molecule has 1 fully saturated rings. The van der Waals surface area contributed by atoms with Crippen LogP contribution >= 0.6 is 23.2 Å². The number of hydrogen-bond donors (Lipinski definition) is 0. The third-order valence-corrected chi connectivity index (χ3v) is 2.50. The maximum atomic E-state index is 13.3. The third kappa shape index (κ3) is 2.03. The van der Waals surface area contributed by atoms with Gasteiger partial charge in [-0.15, -0.1) is 11.6 Å². The van der Waals surface area contributed by atoms with Gasteiger partial charge >= 0.3 is 0 Å². The maximum absolute atomic E-state index is 13.3. The largest absolute Gasteiger partial charge is 0.293 e. The Morgan fingerprint density at radius 2 is 2.33 bits per heavy atom. The van der Waals surface area contributed by atoms with Crippen molar-refractivity contribution >= 4 is 34.9 Å². The molecule has 0 aromatic carbocycles. The molecule has 1 unspecified atom stereocenters. The van der Waals surface area contributed by atoms with E-state index in [1.807, 2.05) is 0 Å². The number of alkyl halides is 1. The minimum absolute atomic E-state index is 0.0998. The first-order valence-corrected chi connectivity index (χ1v) is 5.02. The molecule has 1 aromatic rings. The molecule has 1 amide bonds. The number of carbonyl (C=O) groups is 1. The van der Waals surface area contributed by atoms with E-state index in [-0.39, 0.29) is 35.4 Å². The zero-order valence-corrected chi connectivity index (χ0v) is 8.96. The third-order valence-electron chi connectivity index (χ3n) is 2.03. The minimum Gasteiger partial charge on any atom is -0.293 e. The summed E-state index contributed by atoms with van der Waals surface area (Å²) < 4.78 is 13.3. The normalized spacial score (nSPS) is 21.1. The number of amides is 1. The van der Waals surface area contributed by atoms with Crippen LogP contribution in [0.25, 0.3) is 0 Å². The summed E-state index contributed by atoms with van der Waals surface area (Å²) in [5, 5.41) is -0.414. The fraction of sp³-hybridized carbons (Fsp3) is 0.375. The van der Waals surface area contributed by atoms with E-state index in [4.69, 9.17) is 23.2 Å². The van der Waals surface area contributed by atoms with Gasteiger partial charge in [-0.1, -0.05) is 0 Å². The summed E-state index contributed by atoms with van der Waals surface area (Å²) in [7, 11) is 0. The lowest BCUT2D eigenvalue weighted by Crippen LogP contribution is -2.26. The van der Waals surface area contributed by atoms with E-state index < -0.39 is 5.82 Å². The number of aromatic nitrogens is 2. The molecule has 2 heterocycles. The lowest BCUT2D eigenvalue weighted by molar-refractivity contribution is -0.117. The molecule has 0 bridgehead atoms. The Hall–Kier alpha value is -0.940. The first kappa shape index (κ1) is 10.6. The fourth-order valence-corrected chi connectivity index (χ4v) is 1.79. The van der Waals surface area contributed by atoms with Crippen molar-refractivity contribution in [3.8, 4) is 0 Å². The highest BCUT2D eigenvalue weighted by atomic mass is 35.5. The Morgan fingerprint density at radius 1 is 1.60 bits per heavy atom. The van der Waals surface area contributed by atoms with Crippen LogP contribution in [0.1, 0.15) is 6.42 Å². The van der Waals surface area contributed by atoms with E-state index in [1.54, 1.807) is 0 Å². The number of nitrogens with zero attached hydrogens (tertiary/aromatic N) is 3. The second-order valence-corrected chi connectivity index (χ2v) is 4.07. The average molecular weight is 250 g/mol. The molecule has 0 N–H and O–H groups in total. The number of carbonyl (C=O) groups excluding carboxylic acids is 1. The summed E-state index contributed by atoms with van der Waals surface area (Å²) in [5.74, 6) is -1.05. The predicted octanol–water partition coefficient (Wildman–Crippen LogP) is 1.61. The summed E-state index contributed by atoms with van der Waals surface area (Å²) in [5.41, 5.74) is 0. The van der Waals surface area contributed by atoms with Crippen LogP contribution in [0.5, 0.6) is 0 Å². The molecule has 1 atom stereocenters. The molecule has 1 aliphatic rings. The van der Waals surface area contributed by atoms with Crippen molar-refractivity contribution in [2.45, 2.75) is 11.8 Å². The quantitative estimate of drug-likeness (QED) is 0.562. The summed E-state index contributed by atoms with van der Waals surface area (Å²) in [4.78, 5) is 19.7. The fourth-order valence-electron chi connectivity index (χ4n) is 1.40. The zero-order chi connectivity index (χ0) is 11.0. The molecule has 4 nitrogen and oxygen atoms in total. The Balaban J connectivity index is 2.37. The molecule has 0 aliphatic carbocycles. The van der Waals surface area contributed by atoms with Crippen LogP contribution < -0.4 is 4.90 Å². The van der Waals surface area contributed by atoms with Crippen LogP contribution in [0, 0.1) is 5.82 Å². The molecule has 15 heavy (non-hydrogen) atoms. The van der Waals surface area contributed by atoms with Crippen LogP contribution in [0.2, 0.25) is 5.28 Å². The summed E-state index contributed by atoms with van der Waals surface area (Å²) in [6, 6.07) is 0. The molecular weight excluding hydrogens is 244 g/mol. The van der Waals surface area contributed by atoms with Crippen molar-refractivity contribution in [1.82, 2.24) is 9.97 Å². The standard InChI is InChI=1S/C8H6Cl2FN3O/c9-4-1-6(15)14(3-4)7-5(11)2-12-8(10)13-7/h2,4H,1,3H2. The molecule has 2 rings (SSSR count). The number of halogens is 3. The highest BCUT2D eigenvalue weighted by Crippen LogP contribution is 2.25. The first-order valence-electron chi connectivity index (χ1n) is 4.20. The summed E-state index contributed by atoms with van der Waals surface area (Å²) >= 11 is 11.3. The number of rotatable bonds is 1. The Bertz CT molecular complexity index is 415. The van der Waals surface area contributed by atoms with Gasteiger partial charge in [-0.05, 0) is 11.6 Å². The van der Waals surface area contributed by atoms with Crippen molar-refractivity contribution in [3.63, 3.8) is 0 Å². The highest BCUT2D eigenvalue weighted by Gasteiger charge is 2.31. The number of anilines is 1. The van der Waals surface area contributed by atoms with E-state index in [2.05, 4.69) is 9.97 Å². The highest BCUT2D eigenvalue weighted by molar-refractivity contribution is 6.28. The van der Waals surface area contributed by atoms with Gasteiger partial charge in [0, 0.05) is 13.0 Å². The van der Waals surface area contributed by atoms with Crippen molar-refractivity contribution in [2.24, 2.45) is 0 Å². The van der Waals surface area contributed by atoms with Crippen molar-refractivity contribution in [2.75, 3.05) is 11.4 Å². The molecule has 1 aromatic heterocycles. The summed E-state index contributed by atoms with van der Waals surface area (Å²) in [6.07, 6.45) is 1.11. The van der Waals surface area contributed by atoms with Gasteiger partial charge < -0.3 is 0 Å². The molecular formula is C8H6Cl2FN3O. The molecule has 1 saturated heterocycles. The monoisotopic (exact) mass is 249 g/mol. The minimum atomic E-state index is -0.682. The molecule has 80 valence electrons. The van der Waals surface area contributed by atoms with Crippen LogP contribution in [0.15, 0.2) is 6.20 Å². The van der Waals surface area contributed by atoms with Crippen molar-refractivity contribution in [3.05, 3.63) is 17.3 Å². The maximum Gasteiger partial charge on any atom is 0.229 e. The lowest BCUT2D eigenvalue weighted by Gasteiger charge is -2.14. The Labute approximate surface area is 95.0 Å². The van der Waals surface area contributed by atoms with Crippen molar-refractivity contribution < 1.29 is 9.18 Å². The zero-order valence-electron chi connectivity index (χ0n) is 7.45. The topological polar surface area (TPSA) is 46.1 Å². The SMILES string of the molecule is O=C1CC(Cl)CN1c1nc(Cl)ncc1F. The molecule has 7 heteroatoms. The predicted molar refractivity (Wildman–Crippen MR) is 53.6 cm³/mol. The van der Waals surface area contributed by atoms with Crippen LogP contribution in [0.3, 0.4) is 0 Å². The smallest absolute Gasteiger partial charge is 0.229 e. The van der Waals surface area contributed by atoms with E-state index in [0.29, 0.717) is 0 Å². The summed E-state index contributed by atoms with van der Waals surface area (Å²) in [6.45, 7) is 0.241. The average Bonchev–Trinajstić information content (AvgIpc) is 2.50. The molecule has 0 spiro atoms. The number of hydrogen-bond acceptors (Lipinski definition) is 3. The second-order valence-electron chi connectivity index (χ2n) is 3.12. The molecule has 0 saturated carbocycles. The molecule has 0 radical (unpaired) electrons. The van der Waals surface area contributed by atoms with Gasteiger partial charge in [0.05, 0.1) is 11.6 Å². The van der Waals surface area contributed by atoms with E-state index in [9.17, 15) is 9.18 Å². The second kappa shape index (κ2) is 3.90. The Morgan fingerprint density at radius 3 is 2.93 bits per heavy atom. The van der Waals surface area contributed by atoms with Crippen LogP contribution in [0.4, 0.5) is 10.2 Å². The van der Waals surface area contributed by atoms with E-state index in [1.165, 1.54) is 4.90 Å². The van der Waals surface area contributed by atoms with Crippen LogP contribution in [-0.4, -0.2) is 27.8 Å². The van der Waals surface area contributed by atoms with E-state index in [0.717, 1.165) is 6.20 Å². The van der Waals surface area contributed by atoms with Gasteiger partial charge in [0.1, 0.15) is 0 Å². The van der Waals surface area contributed by atoms with Gasteiger partial charge in [0.2, 0.25) is 11.2 Å². The van der Waals surface area contributed by atoms with E-state index >= 15 is 0 Å². The van der Waals surface area contributed by atoms with Crippen molar-refractivity contribution in [1.29, 1.82) is 0 Å². The first-order chi connectivity index (χ1) is 7.08. The van der Waals surface area contributed by atoms with Gasteiger partial charge in [-0.2, -0.15) is 4.98 Å². The Kier molecular flexibility index (Phi) is 2.75.